The molecule has 0 spiro atoms. The maximum absolute atomic E-state index is 13.1. The average Bonchev–Trinajstić information content (AvgIpc) is 2.77. The van der Waals surface area contributed by atoms with Crippen LogP contribution in [0.25, 0.3) is 0 Å². The number of ether oxygens (including phenoxy) is 1. The first-order chi connectivity index (χ1) is 14.8. The van der Waals surface area contributed by atoms with E-state index >= 15 is 0 Å². The molecule has 162 valence electrons. The molecule has 0 heterocycles. The van der Waals surface area contributed by atoms with Gasteiger partial charge in [0.1, 0.15) is 12.4 Å². The summed E-state index contributed by atoms with van der Waals surface area (Å²) in [5, 5.41) is 2.76. The van der Waals surface area contributed by atoms with Crippen molar-refractivity contribution >= 4 is 21.6 Å². The molecule has 0 unspecified atom stereocenters. The first-order valence-corrected chi connectivity index (χ1v) is 11.4. The van der Waals surface area contributed by atoms with E-state index in [1.807, 2.05) is 50.2 Å². The molecular formula is C24H26N2O4S. The third kappa shape index (κ3) is 5.44. The van der Waals surface area contributed by atoms with Gasteiger partial charge in [-0.2, -0.15) is 0 Å². The predicted molar refractivity (Wildman–Crippen MR) is 122 cm³/mol. The summed E-state index contributed by atoms with van der Waals surface area (Å²) in [4.78, 5) is 12.6. The van der Waals surface area contributed by atoms with Gasteiger partial charge in [-0.05, 0) is 55.8 Å². The van der Waals surface area contributed by atoms with Crippen LogP contribution in [0.15, 0.2) is 77.7 Å². The Morgan fingerprint density at radius 3 is 2.39 bits per heavy atom. The number of aryl methyl sites for hydroxylation is 2. The van der Waals surface area contributed by atoms with Gasteiger partial charge in [0.15, 0.2) is 0 Å². The summed E-state index contributed by atoms with van der Waals surface area (Å²) in [7, 11) is -2.30. The van der Waals surface area contributed by atoms with Crippen LogP contribution in [0.2, 0.25) is 0 Å². The third-order valence-corrected chi connectivity index (χ3v) is 6.65. The second-order valence-electron chi connectivity index (χ2n) is 7.20. The highest BCUT2D eigenvalue weighted by Crippen LogP contribution is 2.25. The monoisotopic (exact) mass is 438 g/mol. The third-order valence-electron chi connectivity index (χ3n) is 4.89. The Bertz CT molecular complexity index is 1160. The quantitative estimate of drug-likeness (QED) is 0.541. The number of amides is 1. The second kappa shape index (κ2) is 9.66. The van der Waals surface area contributed by atoms with E-state index in [9.17, 15) is 13.2 Å². The normalized spacial score (nSPS) is 11.1. The van der Waals surface area contributed by atoms with Gasteiger partial charge < -0.3 is 10.1 Å². The lowest BCUT2D eigenvalue weighted by atomic mass is 10.2. The molecule has 0 aliphatic heterocycles. The highest BCUT2D eigenvalue weighted by Gasteiger charge is 2.23. The molecule has 0 atom stereocenters. The van der Waals surface area contributed by atoms with Crippen LogP contribution in [0.5, 0.6) is 5.75 Å². The number of carbonyl (C=O) groups is 1. The number of hydrogen-bond acceptors (Lipinski definition) is 4. The van der Waals surface area contributed by atoms with E-state index in [0.29, 0.717) is 18.8 Å². The maximum Gasteiger partial charge on any atom is 0.264 e. The Hall–Kier alpha value is -3.32. The molecule has 3 rings (SSSR count). The van der Waals surface area contributed by atoms with Gasteiger partial charge in [-0.1, -0.05) is 42.0 Å². The van der Waals surface area contributed by atoms with E-state index < -0.39 is 10.0 Å². The predicted octanol–water partition coefficient (Wildman–Crippen LogP) is 3.94. The number of nitrogens with zero attached hydrogens (tertiary/aromatic N) is 1. The van der Waals surface area contributed by atoms with Crippen LogP contribution in [-0.2, 0) is 10.0 Å². The number of sulfonamides is 1. The minimum Gasteiger partial charge on any atom is -0.492 e. The van der Waals surface area contributed by atoms with Crippen molar-refractivity contribution < 1.29 is 17.9 Å². The van der Waals surface area contributed by atoms with E-state index in [1.165, 1.54) is 23.5 Å². The molecule has 0 fully saturated rings. The summed E-state index contributed by atoms with van der Waals surface area (Å²) in [6.07, 6.45) is 0. The lowest BCUT2D eigenvalue weighted by Crippen LogP contribution is -2.29. The van der Waals surface area contributed by atoms with E-state index in [-0.39, 0.29) is 16.4 Å². The van der Waals surface area contributed by atoms with E-state index in [2.05, 4.69) is 5.32 Å². The van der Waals surface area contributed by atoms with Crippen molar-refractivity contribution in [2.24, 2.45) is 0 Å². The molecule has 0 aliphatic rings. The molecule has 0 aliphatic carbocycles. The zero-order valence-corrected chi connectivity index (χ0v) is 18.6. The van der Waals surface area contributed by atoms with Crippen molar-refractivity contribution in [2.75, 3.05) is 24.5 Å². The second-order valence-corrected chi connectivity index (χ2v) is 9.17. The molecule has 3 aromatic carbocycles. The number of hydrogen-bond donors (Lipinski definition) is 1. The van der Waals surface area contributed by atoms with Crippen LogP contribution in [-0.4, -0.2) is 34.5 Å². The molecule has 0 saturated carbocycles. The standard InChI is InChI=1S/C24H26N2O4S/c1-18-11-13-21(14-12-18)30-16-15-25-24(27)20-8-6-9-22(17-20)31(28,29)26(3)23-10-5-4-7-19(23)2/h4-14,17H,15-16H2,1-3H3,(H,25,27). The molecule has 0 bridgehead atoms. The summed E-state index contributed by atoms with van der Waals surface area (Å²) in [5.41, 5.74) is 2.85. The lowest BCUT2D eigenvalue weighted by molar-refractivity contribution is 0.0947. The SMILES string of the molecule is Cc1ccc(OCCNC(=O)c2cccc(S(=O)(=O)N(C)c3ccccc3C)c2)cc1. The van der Waals surface area contributed by atoms with Gasteiger partial charge in [-0.3, -0.25) is 9.10 Å². The fraction of sp³-hybridized carbons (Fsp3) is 0.208. The molecule has 1 N–H and O–H groups in total. The molecular weight excluding hydrogens is 412 g/mol. The Morgan fingerprint density at radius 1 is 0.968 bits per heavy atom. The number of para-hydroxylation sites is 1. The maximum atomic E-state index is 13.1. The Kier molecular flexibility index (Phi) is 6.97. The highest BCUT2D eigenvalue weighted by atomic mass is 32.2. The molecule has 0 radical (unpaired) electrons. The van der Waals surface area contributed by atoms with Crippen LogP contribution in [0, 0.1) is 13.8 Å². The molecule has 1 amide bonds. The van der Waals surface area contributed by atoms with E-state index in [1.54, 1.807) is 24.3 Å². The summed E-state index contributed by atoms with van der Waals surface area (Å²) >= 11 is 0. The minimum absolute atomic E-state index is 0.0572. The summed E-state index contributed by atoms with van der Waals surface area (Å²) in [5.74, 6) is 0.371. The first kappa shape index (κ1) is 22.4. The van der Waals surface area contributed by atoms with Gasteiger partial charge in [0, 0.05) is 12.6 Å². The average molecular weight is 439 g/mol. The molecule has 3 aromatic rings. The number of nitrogens with one attached hydrogen (secondary N) is 1. The smallest absolute Gasteiger partial charge is 0.264 e. The summed E-state index contributed by atoms with van der Waals surface area (Å²) < 4.78 is 33.0. The van der Waals surface area contributed by atoms with Crippen LogP contribution in [0.1, 0.15) is 21.5 Å². The Balaban J connectivity index is 1.65. The van der Waals surface area contributed by atoms with Gasteiger partial charge in [0.05, 0.1) is 17.1 Å². The zero-order valence-electron chi connectivity index (χ0n) is 17.8. The summed E-state index contributed by atoms with van der Waals surface area (Å²) in [6, 6.07) is 20.9. The number of rotatable bonds is 8. The van der Waals surface area contributed by atoms with Crippen molar-refractivity contribution in [3.05, 3.63) is 89.5 Å². The van der Waals surface area contributed by atoms with Gasteiger partial charge in [-0.25, -0.2) is 8.42 Å². The first-order valence-electron chi connectivity index (χ1n) is 9.91. The number of anilines is 1. The van der Waals surface area contributed by atoms with E-state index in [4.69, 9.17) is 4.74 Å². The van der Waals surface area contributed by atoms with Crippen LogP contribution < -0.4 is 14.4 Å². The van der Waals surface area contributed by atoms with Crippen molar-refractivity contribution in [3.63, 3.8) is 0 Å². The summed E-state index contributed by atoms with van der Waals surface area (Å²) in [6.45, 7) is 4.45. The molecule has 0 aromatic heterocycles. The van der Waals surface area contributed by atoms with Gasteiger partial charge in [0.25, 0.3) is 15.9 Å². The van der Waals surface area contributed by atoms with Crippen molar-refractivity contribution in [3.8, 4) is 5.75 Å². The van der Waals surface area contributed by atoms with Gasteiger partial charge in [-0.15, -0.1) is 0 Å². The molecule has 7 heteroatoms. The van der Waals surface area contributed by atoms with Crippen LogP contribution in [0.3, 0.4) is 0 Å². The van der Waals surface area contributed by atoms with Crippen molar-refractivity contribution in [1.82, 2.24) is 5.32 Å². The molecule has 31 heavy (non-hydrogen) atoms. The minimum atomic E-state index is -3.81. The van der Waals surface area contributed by atoms with Gasteiger partial charge >= 0.3 is 0 Å². The lowest BCUT2D eigenvalue weighted by Gasteiger charge is -2.21. The van der Waals surface area contributed by atoms with Crippen molar-refractivity contribution in [1.29, 1.82) is 0 Å². The van der Waals surface area contributed by atoms with Crippen LogP contribution >= 0.6 is 0 Å². The number of benzene rings is 3. The Labute approximate surface area is 183 Å². The fourth-order valence-corrected chi connectivity index (χ4v) is 4.38. The van der Waals surface area contributed by atoms with Crippen molar-refractivity contribution in [2.45, 2.75) is 18.7 Å². The highest BCUT2D eigenvalue weighted by molar-refractivity contribution is 7.92. The Morgan fingerprint density at radius 2 is 1.68 bits per heavy atom. The number of carbonyl (C=O) groups excluding carboxylic acids is 1. The van der Waals surface area contributed by atoms with E-state index in [0.717, 1.165) is 16.9 Å². The largest absolute Gasteiger partial charge is 0.492 e. The van der Waals surface area contributed by atoms with Gasteiger partial charge in [0.2, 0.25) is 0 Å². The molecule has 6 nitrogen and oxygen atoms in total. The molecule has 0 saturated heterocycles. The fourth-order valence-electron chi connectivity index (χ4n) is 3.07. The van der Waals surface area contributed by atoms with Crippen LogP contribution in [0.4, 0.5) is 5.69 Å². The topological polar surface area (TPSA) is 75.7 Å². The zero-order chi connectivity index (χ0) is 22.4.